The van der Waals surface area contributed by atoms with Crippen LogP contribution in [0.15, 0.2) is 48.7 Å². The Hall–Kier alpha value is -3.41. The molecule has 0 radical (unpaired) electrons. The second-order valence-corrected chi connectivity index (χ2v) is 5.92. The number of nitrogens with zero attached hydrogens (tertiary/aromatic N) is 1. The smallest absolute Gasteiger partial charge is 0.203 e. The summed E-state index contributed by atoms with van der Waals surface area (Å²) in [6.45, 7) is 0. The number of benzene rings is 2. The minimum absolute atomic E-state index is 0.559. The summed E-state index contributed by atoms with van der Waals surface area (Å²) >= 11 is 0. The number of hydrogen-bond acceptors (Lipinski definition) is 6. The van der Waals surface area contributed by atoms with Crippen molar-refractivity contribution in [1.29, 1.82) is 0 Å². The zero-order valence-corrected chi connectivity index (χ0v) is 16.6. The quantitative estimate of drug-likeness (QED) is 0.602. The molecular formula is C22H23NO5. The Kier molecular flexibility index (Phi) is 5.89. The molecule has 0 spiro atoms. The van der Waals surface area contributed by atoms with E-state index in [4.69, 9.17) is 23.7 Å². The predicted molar refractivity (Wildman–Crippen MR) is 108 cm³/mol. The standard InChI is InChI=1S/C22H23NO5/c1-24-18-9-7-14(10-19(18)25-2)17-8-6-15(13-23-17)16-11-20(26-3)22(28-5)21(12-16)27-4/h6-13H,1-5H3. The second kappa shape index (κ2) is 8.52. The third-order valence-electron chi connectivity index (χ3n) is 4.44. The Labute approximate surface area is 164 Å². The molecule has 0 aliphatic heterocycles. The lowest BCUT2D eigenvalue weighted by Gasteiger charge is -2.14. The van der Waals surface area contributed by atoms with Crippen molar-refractivity contribution in [3.05, 3.63) is 48.7 Å². The summed E-state index contributed by atoms with van der Waals surface area (Å²) in [5.74, 6) is 3.10. The minimum atomic E-state index is 0.559. The molecule has 0 aliphatic rings. The summed E-state index contributed by atoms with van der Waals surface area (Å²) in [6.07, 6.45) is 1.81. The molecule has 0 atom stereocenters. The van der Waals surface area contributed by atoms with Crippen LogP contribution in [-0.2, 0) is 0 Å². The van der Waals surface area contributed by atoms with E-state index in [0.717, 1.165) is 22.4 Å². The molecule has 1 aromatic heterocycles. The van der Waals surface area contributed by atoms with E-state index in [1.807, 2.05) is 48.7 Å². The first-order valence-electron chi connectivity index (χ1n) is 8.64. The van der Waals surface area contributed by atoms with Crippen molar-refractivity contribution in [3.8, 4) is 51.1 Å². The molecule has 6 heteroatoms. The van der Waals surface area contributed by atoms with Crippen LogP contribution in [0, 0.1) is 0 Å². The third kappa shape index (κ3) is 3.67. The van der Waals surface area contributed by atoms with Crippen LogP contribution in [0.4, 0.5) is 0 Å². The predicted octanol–water partition coefficient (Wildman–Crippen LogP) is 4.46. The van der Waals surface area contributed by atoms with Gasteiger partial charge in [-0.1, -0.05) is 6.07 Å². The topological polar surface area (TPSA) is 59.0 Å². The maximum atomic E-state index is 5.43. The van der Waals surface area contributed by atoms with Gasteiger partial charge in [-0.15, -0.1) is 0 Å². The normalized spacial score (nSPS) is 10.3. The van der Waals surface area contributed by atoms with Gasteiger partial charge >= 0.3 is 0 Å². The highest BCUT2D eigenvalue weighted by molar-refractivity contribution is 5.72. The van der Waals surface area contributed by atoms with Gasteiger partial charge in [-0.25, -0.2) is 0 Å². The van der Waals surface area contributed by atoms with Crippen LogP contribution in [0.3, 0.4) is 0 Å². The van der Waals surface area contributed by atoms with Crippen LogP contribution in [0.2, 0.25) is 0 Å². The van der Waals surface area contributed by atoms with Gasteiger partial charge in [-0.05, 0) is 42.0 Å². The highest BCUT2D eigenvalue weighted by atomic mass is 16.5. The lowest BCUT2D eigenvalue weighted by atomic mass is 10.0. The van der Waals surface area contributed by atoms with E-state index in [2.05, 4.69) is 4.98 Å². The monoisotopic (exact) mass is 381 g/mol. The summed E-state index contributed by atoms with van der Waals surface area (Å²) < 4.78 is 26.9. The van der Waals surface area contributed by atoms with Crippen LogP contribution in [0.1, 0.15) is 0 Å². The van der Waals surface area contributed by atoms with E-state index in [-0.39, 0.29) is 0 Å². The molecule has 3 rings (SSSR count). The molecule has 0 N–H and O–H groups in total. The Morgan fingerprint density at radius 1 is 0.536 bits per heavy atom. The Morgan fingerprint density at radius 2 is 1.11 bits per heavy atom. The van der Waals surface area contributed by atoms with Crippen LogP contribution >= 0.6 is 0 Å². The van der Waals surface area contributed by atoms with E-state index in [9.17, 15) is 0 Å². The van der Waals surface area contributed by atoms with Crippen LogP contribution in [-0.4, -0.2) is 40.5 Å². The average Bonchev–Trinajstić information content (AvgIpc) is 2.77. The van der Waals surface area contributed by atoms with Crippen LogP contribution < -0.4 is 23.7 Å². The maximum Gasteiger partial charge on any atom is 0.203 e. The lowest BCUT2D eigenvalue weighted by molar-refractivity contribution is 0.324. The van der Waals surface area contributed by atoms with Crippen molar-refractivity contribution < 1.29 is 23.7 Å². The molecule has 0 amide bonds. The number of hydrogen-bond donors (Lipinski definition) is 0. The molecule has 0 unspecified atom stereocenters. The first-order valence-corrected chi connectivity index (χ1v) is 8.64. The van der Waals surface area contributed by atoms with E-state index in [1.54, 1.807) is 35.5 Å². The number of methoxy groups -OCH3 is 5. The second-order valence-electron chi connectivity index (χ2n) is 5.92. The van der Waals surface area contributed by atoms with Crippen molar-refractivity contribution in [1.82, 2.24) is 4.98 Å². The lowest BCUT2D eigenvalue weighted by Crippen LogP contribution is -1.96. The summed E-state index contributed by atoms with van der Waals surface area (Å²) in [6, 6.07) is 13.5. The maximum absolute atomic E-state index is 5.43. The molecule has 0 saturated heterocycles. The van der Waals surface area contributed by atoms with Gasteiger partial charge in [-0.2, -0.15) is 0 Å². The fourth-order valence-electron chi connectivity index (χ4n) is 2.98. The van der Waals surface area contributed by atoms with Gasteiger partial charge in [0.15, 0.2) is 23.0 Å². The largest absolute Gasteiger partial charge is 0.493 e. The van der Waals surface area contributed by atoms with Gasteiger partial charge in [-0.3, -0.25) is 4.98 Å². The van der Waals surface area contributed by atoms with Crippen molar-refractivity contribution in [2.75, 3.05) is 35.5 Å². The van der Waals surface area contributed by atoms with Crippen molar-refractivity contribution in [2.45, 2.75) is 0 Å². The first-order chi connectivity index (χ1) is 13.6. The molecule has 0 fully saturated rings. The minimum Gasteiger partial charge on any atom is -0.493 e. The fraction of sp³-hybridized carbons (Fsp3) is 0.227. The van der Waals surface area contributed by atoms with Gasteiger partial charge in [0.1, 0.15) is 0 Å². The van der Waals surface area contributed by atoms with Crippen molar-refractivity contribution in [3.63, 3.8) is 0 Å². The number of ether oxygens (including phenoxy) is 5. The molecule has 0 aliphatic carbocycles. The van der Waals surface area contributed by atoms with Gasteiger partial charge in [0.25, 0.3) is 0 Å². The summed E-state index contributed by atoms with van der Waals surface area (Å²) in [5, 5.41) is 0. The molecular weight excluding hydrogens is 358 g/mol. The molecule has 2 aromatic carbocycles. The zero-order chi connectivity index (χ0) is 20.1. The van der Waals surface area contributed by atoms with Gasteiger partial charge in [0.05, 0.1) is 41.2 Å². The summed E-state index contributed by atoms with van der Waals surface area (Å²) in [4.78, 5) is 4.60. The Balaban J connectivity index is 1.97. The zero-order valence-electron chi connectivity index (χ0n) is 16.6. The molecule has 0 saturated carbocycles. The van der Waals surface area contributed by atoms with Crippen LogP contribution in [0.25, 0.3) is 22.4 Å². The van der Waals surface area contributed by atoms with E-state index >= 15 is 0 Å². The van der Waals surface area contributed by atoms with Gasteiger partial charge < -0.3 is 23.7 Å². The molecule has 6 nitrogen and oxygen atoms in total. The molecule has 28 heavy (non-hydrogen) atoms. The number of rotatable bonds is 7. The SMILES string of the molecule is COc1ccc(-c2ccc(-c3cc(OC)c(OC)c(OC)c3)cn2)cc1OC. The van der Waals surface area contributed by atoms with Crippen molar-refractivity contribution in [2.24, 2.45) is 0 Å². The van der Waals surface area contributed by atoms with E-state index in [1.165, 1.54) is 0 Å². The molecule has 1 heterocycles. The Morgan fingerprint density at radius 3 is 1.61 bits per heavy atom. The van der Waals surface area contributed by atoms with Gasteiger partial charge in [0.2, 0.25) is 5.75 Å². The Bertz CT molecular complexity index is 929. The fourth-order valence-corrected chi connectivity index (χ4v) is 2.98. The van der Waals surface area contributed by atoms with Crippen molar-refractivity contribution >= 4 is 0 Å². The number of aromatic nitrogens is 1. The molecule has 0 bridgehead atoms. The van der Waals surface area contributed by atoms with Crippen LogP contribution in [0.5, 0.6) is 28.7 Å². The van der Waals surface area contributed by atoms with E-state index < -0.39 is 0 Å². The number of pyridine rings is 1. The molecule has 3 aromatic rings. The average molecular weight is 381 g/mol. The summed E-state index contributed by atoms with van der Waals surface area (Å²) in [7, 11) is 8.00. The highest BCUT2D eigenvalue weighted by Crippen LogP contribution is 2.41. The van der Waals surface area contributed by atoms with E-state index in [0.29, 0.717) is 28.7 Å². The third-order valence-corrected chi connectivity index (χ3v) is 4.44. The first kappa shape index (κ1) is 19.4. The highest BCUT2D eigenvalue weighted by Gasteiger charge is 2.14. The van der Waals surface area contributed by atoms with Gasteiger partial charge in [0, 0.05) is 17.3 Å². The summed E-state index contributed by atoms with van der Waals surface area (Å²) in [5.41, 5.74) is 3.62. The molecule has 146 valence electrons.